The molecular weight excluding hydrogens is 220 g/mol. The van der Waals surface area contributed by atoms with E-state index in [1.807, 2.05) is 0 Å². The van der Waals surface area contributed by atoms with Crippen molar-refractivity contribution in [2.24, 2.45) is 0 Å². The Morgan fingerprint density at radius 2 is 2.13 bits per heavy atom. The van der Waals surface area contributed by atoms with Crippen LogP contribution in [0.4, 0.5) is 0 Å². The Labute approximate surface area is 87.9 Å². The third-order valence-electron chi connectivity index (χ3n) is 2.60. The van der Waals surface area contributed by atoms with Gasteiger partial charge in [-0.3, -0.25) is 4.79 Å². The van der Waals surface area contributed by atoms with Gasteiger partial charge in [-0.1, -0.05) is 0 Å². The van der Waals surface area contributed by atoms with Crippen molar-refractivity contribution in [2.45, 2.75) is 37.0 Å². The predicted octanol–water partition coefficient (Wildman–Crippen LogP) is -0.175. The quantitative estimate of drug-likeness (QED) is 0.699. The number of nitrogens with one attached hydrogen (secondary N) is 1. The minimum atomic E-state index is -3.87. The number of nitriles is 1. The van der Waals surface area contributed by atoms with Crippen LogP contribution in [0, 0.1) is 11.3 Å². The lowest BCUT2D eigenvalue weighted by atomic mass is 9.78. The van der Waals surface area contributed by atoms with Gasteiger partial charge >= 0.3 is 5.97 Å². The van der Waals surface area contributed by atoms with Crippen molar-refractivity contribution in [3.63, 3.8) is 0 Å². The summed E-state index contributed by atoms with van der Waals surface area (Å²) >= 11 is 0. The molecule has 0 aromatic rings. The number of nitrogens with zero attached hydrogens (tertiary/aromatic N) is 1. The first-order valence-electron chi connectivity index (χ1n) is 4.50. The molecule has 6 nitrogen and oxygen atoms in total. The van der Waals surface area contributed by atoms with E-state index in [2.05, 4.69) is 4.72 Å². The SMILES string of the molecule is CC(C#N)S(=O)(=O)NC1(C(=O)O)CCC1. The second-order valence-electron chi connectivity index (χ2n) is 3.66. The molecule has 1 rings (SSSR count). The summed E-state index contributed by atoms with van der Waals surface area (Å²) in [4.78, 5) is 10.9. The van der Waals surface area contributed by atoms with Gasteiger partial charge in [-0.05, 0) is 26.2 Å². The summed E-state index contributed by atoms with van der Waals surface area (Å²) in [5.41, 5.74) is -1.38. The number of sulfonamides is 1. The van der Waals surface area contributed by atoms with Crippen LogP contribution < -0.4 is 4.72 Å². The Morgan fingerprint density at radius 1 is 1.60 bits per heavy atom. The zero-order valence-electron chi connectivity index (χ0n) is 8.23. The molecule has 0 heterocycles. The fourth-order valence-electron chi connectivity index (χ4n) is 1.32. The van der Waals surface area contributed by atoms with Crippen molar-refractivity contribution in [1.29, 1.82) is 5.26 Å². The van der Waals surface area contributed by atoms with Gasteiger partial charge in [0.15, 0.2) is 5.25 Å². The van der Waals surface area contributed by atoms with Crippen LogP contribution in [0.2, 0.25) is 0 Å². The Hall–Kier alpha value is -1.13. The van der Waals surface area contributed by atoms with Gasteiger partial charge in [0.05, 0.1) is 6.07 Å². The molecular formula is C8H12N2O4S. The largest absolute Gasteiger partial charge is 0.480 e. The van der Waals surface area contributed by atoms with E-state index >= 15 is 0 Å². The molecule has 1 aliphatic carbocycles. The van der Waals surface area contributed by atoms with Crippen molar-refractivity contribution in [2.75, 3.05) is 0 Å². The Morgan fingerprint density at radius 3 is 2.40 bits per heavy atom. The third-order valence-corrected chi connectivity index (χ3v) is 4.31. The van der Waals surface area contributed by atoms with Gasteiger partial charge in [0.1, 0.15) is 5.54 Å². The number of carbonyl (C=O) groups is 1. The maximum Gasteiger partial charge on any atom is 0.324 e. The van der Waals surface area contributed by atoms with Crippen molar-refractivity contribution in [3.8, 4) is 6.07 Å². The molecule has 7 heteroatoms. The first-order valence-corrected chi connectivity index (χ1v) is 6.04. The summed E-state index contributed by atoms with van der Waals surface area (Å²) in [5, 5.41) is 16.1. The van der Waals surface area contributed by atoms with Crippen LogP contribution in [-0.4, -0.2) is 30.3 Å². The van der Waals surface area contributed by atoms with E-state index in [0.29, 0.717) is 6.42 Å². The van der Waals surface area contributed by atoms with Crippen LogP contribution in [0.25, 0.3) is 0 Å². The van der Waals surface area contributed by atoms with Gasteiger partial charge in [-0.25, -0.2) is 8.42 Å². The highest BCUT2D eigenvalue weighted by Gasteiger charge is 2.48. The van der Waals surface area contributed by atoms with Crippen molar-refractivity contribution in [1.82, 2.24) is 4.72 Å². The molecule has 0 spiro atoms. The van der Waals surface area contributed by atoms with Crippen LogP contribution in [0.1, 0.15) is 26.2 Å². The first-order chi connectivity index (χ1) is 6.84. The lowest BCUT2D eigenvalue weighted by Gasteiger charge is -2.38. The summed E-state index contributed by atoms with van der Waals surface area (Å²) < 4.78 is 25.1. The number of rotatable bonds is 4. The summed E-state index contributed by atoms with van der Waals surface area (Å²) in [6, 6.07) is 1.57. The van der Waals surface area contributed by atoms with Crippen LogP contribution >= 0.6 is 0 Å². The Balaban J connectivity index is 2.86. The molecule has 2 N–H and O–H groups in total. The highest BCUT2D eigenvalue weighted by molar-refractivity contribution is 7.90. The Kier molecular flexibility index (Phi) is 3.02. The fraction of sp³-hybridized carbons (Fsp3) is 0.750. The number of aliphatic carboxylic acids is 1. The van der Waals surface area contributed by atoms with Gasteiger partial charge in [-0.2, -0.15) is 9.98 Å². The lowest BCUT2D eigenvalue weighted by Crippen LogP contribution is -2.60. The average Bonchev–Trinajstić information content (AvgIpc) is 2.09. The van der Waals surface area contributed by atoms with E-state index in [1.54, 1.807) is 6.07 Å². The summed E-state index contributed by atoms with van der Waals surface area (Å²) in [6.45, 7) is 1.22. The molecule has 1 fully saturated rings. The molecule has 1 aliphatic rings. The standard InChI is InChI=1S/C8H12N2O4S/c1-6(5-9)15(13,14)10-8(7(11)12)3-2-4-8/h6,10H,2-4H2,1H3,(H,11,12). The monoisotopic (exact) mass is 232 g/mol. The molecule has 0 amide bonds. The third kappa shape index (κ3) is 2.11. The fourth-order valence-corrected chi connectivity index (χ4v) is 2.47. The Bertz CT molecular complexity index is 405. The van der Waals surface area contributed by atoms with Crippen molar-refractivity contribution < 1.29 is 18.3 Å². The summed E-state index contributed by atoms with van der Waals surface area (Å²) in [7, 11) is -3.87. The summed E-state index contributed by atoms with van der Waals surface area (Å²) in [5.74, 6) is -1.18. The molecule has 0 saturated heterocycles. The molecule has 0 radical (unpaired) electrons. The molecule has 0 aromatic heterocycles. The maximum absolute atomic E-state index is 11.5. The van der Waals surface area contributed by atoms with E-state index < -0.39 is 26.8 Å². The van der Waals surface area contributed by atoms with Crippen molar-refractivity contribution in [3.05, 3.63) is 0 Å². The predicted molar refractivity (Wildman–Crippen MR) is 51.3 cm³/mol. The minimum Gasteiger partial charge on any atom is -0.480 e. The summed E-state index contributed by atoms with van der Waals surface area (Å²) in [6.07, 6.45) is 1.23. The smallest absolute Gasteiger partial charge is 0.324 e. The van der Waals surface area contributed by atoms with Gasteiger partial charge in [0.2, 0.25) is 10.0 Å². The van der Waals surface area contributed by atoms with E-state index in [9.17, 15) is 13.2 Å². The molecule has 84 valence electrons. The highest BCUT2D eigenvalue weighted by Crippen LogP contribution is 2.33. The van der Waals surface area contributed by atoms with E-state index in [0.717, 1.165) is 0 Å². The van der Waals surface area contributed by atoms with E-state index in [-0.39, 0.29) is 12.8 Å². The van der Waals surface area contributed by atoms with Crippen molar-refractivity contribution >= 4 is 16.0 Å². The number of hydrogen-bond donors (Lipinski definition) is 2. The van der Waals surface area contributed by atoms with Crippen LogP contribution in [0.15, 0.2) is 0 Å². The second-order valence-corrected chi connectivity index (χ2v) is 5.66. The zero-order chi connectivity index (χ0) is 11.7. The lowest BCUT2D eigenvalue weighted by molar-refractivity contribution is -0.147. The molecule has 1 atom stereocenters. The normalized spacial score (nSPS) is 21.1. The molecule has 0 aromatic carbocycles. The van der Waals surface area contributed by atoms with Crippen LogP contribution in [0.3, 0.4) is 0 Å². The van der Waals surface area contributed by atoms with Gasteiger partial charge in [0, 0.05) is 0 Å². The average molecular weight is 232 g/mol. The molecule has 0 bridgehead atoms. The molecule has 0 aliphatic heterocycles. The van der Waals surface area contributed by atoms with E-state index in [4.69, 9.17) is 10.4 Å². The number of hydrogen-bond acceptors (Lipinski definition) is 4. The van der Waals surface area contributed by atoms with Gasteiger partial charge in [-0.15, -0.1) is 0 Å². The van der Waals surface area contributed by atoms with Crippen LogP contribution in [0.5, 0.6) is 0 Å². The zero-order valence-corrected chi connectivity index (χ0v) is 9.04. The van der Waals surface area contributed by atoms with E-state index in [1.165, 1.54) is 6.92 Å². The first kappa shape index (κ1) is 11.9. The number of carboxylic acids is 1. The maximum atomic E-state index is 11.5. The molecule has 15 heavy (non-hydrogen) atoms. The van der Waals surface area contributed by atoms with Gasteiger partial charge in [0.25, 0.3) is 0 Å². The molecule has 1 saturated carbocycles. The van der Waals surface area contributed by atoms with Gasteiger partial charge < -0.3 is 5.11 Å². The van der Waals surface area contributed by atoms with Crippen LogP contribution in [-0.2, 0) is 14.8 Å². The highest BCUT2D eigenvalue weighted by atomic mass is 32.2. The minimum absolute atomic E-state index is 0.277. The molecule has 1 unspecified atom stereocenters. The number of carboxylic acid groups (broad SMARTS) is 1. The topological polar surface area (TPSA) is 107 Å². The second kappa shape index (κ2) is 3.79.